The van der Waals surface area contributed by atoms with Crippen LogP contribution in [-0.4, -0.2) is 56.5 Å². The average Bonchev–Trinajstić information content (AvgIpc) is 3.09. The summed E-state index contributed by atoms with van der Waals surface area (Å²) in [6.07, 6.45) is 4.08. The van der Waals surface area contributed by atoms with E-state index in [0.717, 1.165) is 29.4 Å². The van der Waals surface area contributed by atoms with Crippen LogP contribution in [-0.2, 0) is 36.0 Å². The van der Waals surface area contributed by atoms with Crippen LogP contribution in [0.15, 0.2) is 58.3 Å². The van der Waals surface area contributed by atoms with E-state index in [2.05, 4.69) is 11.5 Å². The van der Waals surface area contributed by atoms with Gasteiger partial charge in [0.25, 0.3) is 11.5 Å². The number of benzene rings is 2. The van der Waals surface area contributed by atoms with Gasteiger partial charge in [-0.1, -0.05) is 59.6 Å². The van der Waals surface area contributed by atoms with Gasteiger partial charge in [-0.3, -0.25) is 28.9 Å². The van der Waals surface area contributed by atoms with Gasteiger partial charge in [0.1, 0.15) is 6.54 Å². The van der Waals surface area contributed by atoms with Crippen molar-refractivity contribution < 1.29 is 9.59 Å². The Bertz CT molecular complexity index is 1540. The Morgan fingerprint density at radius 2 is 1.67 bits per heavy atom. The van der Waals surface area contributed by atoms with Gasteiger partial charge >= 0.3 is 5.69 Å². The van der Waals surface area contributed by atoms with Gasteiger partial charge in [-0.2, -0.15) is 0 Å². The molecule has 3 aromatic rings. The fraction of sp³-hybridized carbons (Fsp3) is 0.357. The van der Waals surface area contributed by atoms with E-state index in [0.29, 0.717) is 31.6 Å². The lowest BCUT2D eigenvalue weighted by Gasteiger charge is -2.38. The predicted molar refractivity (Wildman–Crippen MR) is 150 cm³/mol. The van der Waals surface area contributed by atoms with Crippen molar-refractivity contribution in [1.29, 1.82) is 0 Å². The number of halogens is 2. The van der Waals surface area contributed by atoms with Gasteiger partial charge in [-0.25, -0.2) is 9.80 Å². The van der Waals surface area contributed by atoms with Crippen LogP contribution < -0.4 is 16.7 Å². The normalized spacial score (nSPS) is 16.6. The van der Waals surface area contributed by atoms with E-state index in [1.54, 1.807) is 18.2 Å². The van der Waals surface area contributed by atoms with Gasteiger partial charge in [-0.05, 0) is 36.5 Å². The summed E-state index contributed by atoms with van der Waals surface area (Å²) in [5, 5.41) is 2.29. The van der Waals surface area contributed by atoms with Crippen molar-refractivity contribution in [3.63, 3.8) is 0 Å². The third-order valence-corrected chi connectivity index (χ3v) is 8.32. The third kappa shape index (κ3) is 5.66. The van der Waals surface area contributed by atoms with Gasteiger partial charge in [0.05, 0.1) is 22.0 Å². The molecular weight excluding hydrogens is 541 g/mol. The topological polar surface area (TPSA) is 96.7 Å². The van der Waals surface area contributed by atoms with Crippen LogP contribution in [0.5, 0.6) is 0 Å². The highest BCUT2D eigenvalue weighted by molar-refractivity contribution is 6.43. The summed E-state index contributed by atoms with van der Waals surface area (Å²) in [5.74, 6) is -0.245. The molecule has 11 heteroatoms. The summed E-state index contributed by atoms with van der Waals surface area (Å²) in [4.78, 5) is 53.4. The molecule has 2 amide bonds. The van der Waals surface area contributed by atoms with E-state index in [4.69, 9.17) is 23.2 Å². The van der Waals surface area contributed by atoms with Crippen LogP contribution >= 0.6 is 23.2 Å². The molecule has 9 nitrogen and oxygen atoms in total. The smallest absolute Gasteiger partial charge is 0.331 e. The molecule has 1 saturated heterocycles. The van der Waals surface area contributed by atoms with E-state index in [-0.39, 0.29) is 34.1 Å². The van der Waals surface area contributed by atoms with Gasteiger partial charge in [0.15, 0.2) is 0 Å². The molecule has 0 radical (unpaired) electrons. The lowest BCUT2D eigenvalue weighted by molar-refractivity contribution is -0.135. The summed E-state index contributed by atoms with van der Waals surface area (Å²) < 4.78 is 2.13. The molecule has 0 bridgehead atoms. The van der Waals surface area contributed by atoms with Crippen molar-refractivity contribution in [2.24, 2.45) is 7.05 Å². The number of carbonyl (C=O) groups excluding carboxylic acids is 2. The monoisotopic (exact) mass is 569 g/mol. The number of hydrogen-bond donors (Lipinski definition) is 1. The number of nitrogens with one attached hydrogen (secondary N) is 1. The first-order valence-corrected chi connectivity index (χ1v) is 13.6. The Balaban J connectivity index is 1.22. The second-order valence-corrected chi connectivity index (χ2v) is 10.7. The van der Waals surface area contributed by atoms with Crippen LogP contribution in [0.1, 0.15) is 24.0 Å². The largest absolute Gasteiger partial charge is 0.339 e. The standard InChI is InChI=1S/C28H29Cl2N5O4/c1-32-27(38)22(21-7-4-8-23(29)26(21)30)16-33(28(32)39)17-24(36)31-34-12-10-20(11-13-34)35-14-9-18-5-2-3-6-19(18)15-25(35)37/h2-8,16,20H,9-15,17H2,1H3,(H,31,36). The SMILES string of the molecule is Cn1c(=O)c(-c2cccc(Cl)c2Cl)cn(CC(=O)NN2CCC(N3CCc4ccccc4CC3=O)CC2)c1=O. The Labute approximate surface area is 235 Å². The molecule has 1 aromatic heterocycles. The van der Waals surface area contributed by atoms with Crippen molar-refractivity contribution in [2.45, 2.75) is 38.3 Å². The van der Waals surface area contributed by atoms with Gasteiger partial charge in [0, 0.05) is 44.5 Å². The number of amides is 2. The summed E-state index contributed by atoms with van der Waals surface area (Å²) in [5.41, 5.74) is 4.60. The molecule has 2 aliphatic rings. The molecule has 3 heterocycles. The third-order valence-electron chi connectivity index (χ3n) is 7.50. The molecule has 1 fully saturated rings. The zero-order valence-electron chi connectivity index (χ0n) is 21.5. The van der Waals surface area contributed by atoms with Crippen molar-refractivity contribution in [3.05, 3.63) is 90.7 Å². The average molecular weight is 570 g/mol. The lowest BCUT2D eigenvalue weighted by atomic mass is 10.0. The van der Waals surface area contributed by atoms with E-state index in [1.807, 2.05) is 28.1 Å². The highest BCUT2D eigenvalue weighted by Crippen LogP contribution is 2.31. The second kappa shape index (κ2) is 11.4. The fourth-order valence-corrected chi connectivity index (χ4v) is 5.78. The van der Waals surface area contributed by atoms with Crippen LogP contribution in [0.25, 0.3) is 11.1 Å². The first-order valence-electron chi connectivity index (χ1n) is 12.9. The van der Waals surface area contributed by atoms with E-state index >= 15 is 0 Å². The molecule has 2 aromatic carbocycles. The van der Waals surface area contributed by atoms with Crippen molar-refractivity contribution in [2.75, 3.05) is 19.6 Å². The zero-order valence-corrected chi connectivity index (χ0v) is 23.0. The summed E-state index contributed by atoms with van der Waals surface area (Å²) in [7, 11) is 1.36. The van der Waals surface area contributed by atoms with E-state index < -0.39 is 17.2 Å². The summed E-state index contributed by atoms with van der Waals surface area (Å²) in [6.45, 7) is 1.58. The van der Waals surface area contributed by atoms with Gasteiger partial charge < -0.3 is 4.90 Å². The van der Waals surface area contributed by atoms with E-state index in [1.165, 1.54) is 23.4 Å². The molecule has 2 aliphatic heterocycles. The number of fused-ring (bicyclic) bond motifs is 1. The number of rotatable bonds is 5. The maximum Gasteiger partial charge on any atom is 0.331 e. The molecule has 0 unspecified atom stereocenters. The highest BCUT2D eigenvalue weighted by Gasteiger charge is 2.30. The minimum Gasteiger partial charge on any atom is -0.339 e. The first kappa shape index (κ1) is 27.2. The van der Waals surface area contributed by atoms with Crippen LogP contribution in [0, 0.1) is 0 Å². The zero-order chi connectivity index (χ0) is 27.7. The molecule has 0 aliphatic carbocycles. The molecule has 1 N–H and O–H groups in total. The minimum atomic E-state index is -0.614. The van der Waals surface area contributed by atoms with Crippen molar-refractivity contribution in [3.8, 4) is 11.1 Å². The Kier molecular flexibility index (Phi) is 7.93. The number of carbonyl (C=O) groups is 2. The summed E-state index contributed by atoms with van der Waals surface area (Å²) >= 11 is 12.4. The molecule has 39 heavy (non-hydrogen) atoms. The minimum absolute atomic E-state index is 0.122. The van der Waals surface area contributed by atoms with Crippen LogP contribution in [0.3, 0.4) is 0 Å². The Morgan fingerprint density at radius 1 is 0.949 bits per heavy atom. The fourth-order valence-electron chi connectivity index (χ4n) is 5.38. The van der Waals surface area contributed by atoms with Crippen molar-refractivity contribution >= 4 is 35.0 Å². The van der Waals surface area contributed by atoms with E-state index in [9.17, 15) is 19.2 Å². The number of aromatic nitrogens is 2. The Morgan fingerprint density at radius 3 is 2.41 bits per heavy atom. The van der Waals surface area contributed by atoms with Crippen LogP contribution in [0.4, 0.5) is 0 Å². The predicted octanol–water partition coefficient (Wildman–Crippen LogP) is 2.64. The maximum atomic E-state index is 13.0. The molecule has 0 atom stereocenters. The number of nitrogens with zero attached hydrogens (tertiary/aromatic N) is 4. The molecule has 0 saturated carbocycles. The van der Waals surface area contributed by atoms with Gasteiger partial charge in [-0.15, -0.1) is 0 Å². The number of hydrazine groups is 1. The lowest BCUT2D eigenvalue weighted by Crippen LogP contribution is -2.53. The summed E-state index contributed by atoms with van der Waals surface area (Å²) in [6, 6.07) is 13.1. The second-order valence-electron chi connectivity index (χ2n) is 9.95. The highest BCUT2D eigenvalue weighted by atomic mass is 35.5. The molecule has 204 valence electrons. The quantitative estimate of drug-likeness (QED) is 0.509. The van der Waals surface area contributed by atoms with Crippen LogP contribution in [0.2, 0.25) is 10.0 Å². The van der Waals surface area contributed by atoms with Gasteiger partial charge in [0.2, 0.25) is 5.91 Å². The molecular formula is C28H29Cl2N5O4. The first-order chi connectivity index (χ1) is 18.7. The maximum absolute atomic E-state index is 13.0. The number of piperidine rings is 1. The Hall–Kier alpha value is -3.40. The number of hydrogen-bond acceptors (Lipinski definition) is 5. The molecule has 5 rings (SSSR count). The van der Waals surface area contributed by atoms with Crippen molar-refractivity contribution in [1.82, 2.24) is 24.5 Å². The molecule has 0 spiro atoms.